The number of hydrogen-bond donors (Lipinski definition) is 2. The zero-order chi connectivity index (χ0) is 15.7. The Morgan fingerprint density at radius 3 is 2.24 bits per heavy atom. The zero-order valence-corrected chi connectivity index (χ0v) is 13.2. The number of rotatable bonds is 2. The molecular formula is C17H26N2O2. The monoisotopic (exact) mass is 290 g/mol. The maximum absolute atomic E-state index is 12.4. The molecule has 2 rings (SSSR count). The molecule has 1 saturated heterocycles. The highest BCUT2D eigenvalue weighted by molar-refractivity contribution is 5.82. The molecule has 116 valence electrons. The topological polar surface area (TPSA) is 66.6 Å². The van der Waals surface area contributed by atoms with E-state index in [4.69, 9.17) is 5.73 Å². The van der Waals surface area contributed by atoms with Gasteiger partial charge in [0, 0.05) is 13.1 Å². The van der Waals surface area contributed by atoms with Crippen molar-refractivity contribution in [2.75, 3.05) is 13.1 Å². The van der Waals surface area contributed by atoms with E-state index in [1.807, 2.05) is 51.1 Å². The van der Waals surface area contributed by atoms with Crippen LogP contribution in [0.25, 0.3) is 0 Å². The van der Waals surface area contributed by atoms with Crippen molar-refractivity contribution in [3.05, 3.63) is 35.9 Å². The van der Waals surface area contributed by atoms with Crippen molar-refractivity contribution >= 4 is 5.91 Å². The van der Waals surface area contributed by atoms with Crippen LogP contribution in [0.1, 0.15) is 39.2 Å². The molecule has 0 saturated carbocycles. The first-order valence-corrected chi connectivity index (χ1v) is 7.56. The molecule has 1 aliphatic rings. The number of likely N-dealkylation sites (tertiary alicyclic amines) is 1. The van der Waals surface area contributed by atoms with Crippen LogP contribution in [0.3, 0.4) is 0 Å². The average molecular weight is 290 g/mol. The molecule has 1 unspecified atom stereocenters. The minimum Gasteiger partial charge on any atom is -0.385 e. The Bertz CT molecular complexity index is 485. The standard InChI is InChI=1S/C17H26N2O2/c1-16(2,3)14(18)15(20)19-11-9-17(21,10-12-19)13-7-5-4-6-8-13/h4-8,14,21H,9-12,18H2,1-3H3. The van der Waals surface area contributed by atoms with Crippen LogP contribution in [0.4, 0.5) is 0 Å². The molecule has 1 aliphatic heterocycles. The Morgan fingerprint density at radius 1 is 1.24 bits per heavy atom. The summed E-state index contributed by atoms with van der Waals surface area (Å²) in [5, 5.41) is 10.8. The fraction of sp³-hybridized carbons (Fsp3) is 0.588. The molecule has 1 heterocycles. The van der Waals surface area contributed by atoms with Crippen LogP contribution in [0.5, 0.6) is 0 Å². The van der Waals surface area contributed by atoms with Gasteiger partial charge in [0.2, 0.25) is 5.91 Å². The maximum Gasteiger partial charge on any atom is 0.240 e. The Labute approximate surface area is 126 Å². The van der Waals surface area contributed by atoms with Gasteiger partial charge >= 0.3 is 0 Å². The van der Waals surface area contributed by atoms with Gasteiger partial charge in [-0.15, -0.1) is 0 Å². The number of hydrogen-bond acceptors (Lipinski definition) is 3. The third-order valence-corrected chi connectivity index (χ3v) is 4.41. The summed E-state index contributed by atoms with van der Waals surface area (Å²) < 4.78 is 0. The van der Waals surface area contributed by atoms with Gasteiger partial charge < -0.3 is 15.7 Å². The number of piperidine rings is 1. The highest BCUT2D eigenvalue weighted by Gasteiger charge is 2.38. The second kappa shape index (κ2) is 5.78. The van der Waals surface area contributed by atoms with Crippen LogP contribution in [-0.2, 0) is 10.4 Å². The Kier molecular flexibility index (Phi) is 4.40. The largest absolute Gasteiger partial charge is 0.385 e. The highest BCUT2D eigenvalue weighted by atomic mass is 16.3. The van der Waals surface area contributed by atoms with Crippen molar-refractivity contribution in [1.82, 2.24) is 4.90 Å². The van der Waals surface area contributed by atoms with Crippen LogP contribution in [-0.4, -0.2) is 35.0 Å². The van der Waals surface area contributed by atoms with Crippen molar-refractivity contribution in [3.63, 3.8) is 0 Å². The van der Waals surface area contributed by atoms with E-state index in [2.05, 4.69) is 0 Å². The lowest BCUT2D eigenvalue weighted by molar-refractivity contribution is -0.139. The van der Waals surface area contributed by atoms with Crippen molar-refractivity contribution in [2.45, 2.75) is 45.3 Å². The van der Waals surface area contributed by atoms with Gasteiger partial charge in [0.1, 0.15) is 0 Å². The Morgan fingerprint density at radius 2 is 1.76 bits per heavy atom. The summed E-state index contributed by atoms with van der Waals surface area (Å²) >= 11 is 0. The quantitative estimate of drug-likeness (QED) is 0.874. The highest BCUT2D eigenvalue weighted by Crippen LogP contribution is 2.33. The van der Waals surface area contributed by atoms with E-state index in [1.165, 1.54) is 0 Å². The van der Waals surface area contributed by atoms with Gasteiger partial charge in [0.15, 0.2) is 0 Å². The molecule has 1 atom stereocenters. The lowest BCUT2D eigenvalue weighted by Crippen LogP contribution is -2.54. The average Bonchev–Trinajstić information content (AvgIpc) is 2.46. The molecule has 4 nitrogen and oxygen atoms in total. The molecule has 1 aromatic rings. The van der Waals surface area contributed by atoms with Crippen LogP contribution in [0, 0.1) is 5.41 Å². The second-order valence-corrected chi connectivity index (χ2v) is 7.07. The number of amides is 1. The molecule has 1 fully saturated rings. The maximum atomic E-state index is 12.4. The molecule has 0 spiro atoms. The van der Waals surface area contributed by atoms with Gasteiger partial charge in [0.05, 0.1) is 11.6 Å². The van der Waals surface area contributed by atoms with Gasteiger partial charge in [-0.2, -0.15) is 0 Å². The van der Waals surface area contributed by atoms with E-state index < -0.39 is 11.6 Å². The van der Waals surface area contributed by atoms with Gasteiger partial charge in [-0.05, 0) is 23.8 Å². The van der Waals surface area contributed by atoms with Crippen molar-refractivity contribution in [3.8, 4) is 0 Å². The molecule has 0 bridgehead atoms. The van der Waals surface area contributed by atoms with Crippen LogP contribution in [0.15, 0.2) is 30.3 Å². The molecule has 3 N–H and O–H groups in total. The molecule has 4 heteroatoms. The fourth-order valence-electron chi connectivity index (χ4n) is 2.70. The van der Waals surface area contributed by atoms with Crippen molar-refractivity contribution < 1.29 is 9.90 Å². The van der Waals surface area contributed by atoms with Gasteiger partial charge in [-0.1, -0.05) is 51.1 Å². The molecule has 1 aromatic carbocycles. The number of benzene rings is 1. The zero-order valence-electron chi connectivity index (χ0n) is 13.2. The van der Waals surface area contributed by atoms with Crippen LogP contribution < -0.4 is 5.73 Å². The summed E-state index contributed by atoms with van der Waals surface area (Å²) in [6.45, 7) is 7.02. The van der Waals surface area contributed by atoms with E-state index in [9.17, 15) is 9.90 Å². The Hall–Kier alpha value is -1.39. The van der Waals surface area contributed by atoms with Gasteiger partial charge in [-0.25, -0.2) is 0 Å². The normalized spacial score (nSPS) is 20.1. The number of nitrogens with zero attached hydrogens (tertiary/aromatic N) is 1. The first-order valence-electron chi connectivity index (χ1n) is 7.56. The summed E-state index contributed by atoms with van der Waals surface area (Å²) in [7, 11) is 0. The molecule has 21 heavy (non-hydrogen) atoms. The summed E-state index contributed by atoms with van der Waals surface area (Å²) in [6, 6.07) is 9.19. The minimum atomic E-state index is -0.829. The number of nitrogens with two attached hydrogens (primary N) is 1. The van der Waals surface area contributed by atoms with Gasteiger partial charge in [0.25, 0.3) is 0 Å². The summed E-state index contributed by atoms with van der Waals surface area (Å²) in [6.07, 6.45) is 1.11. The molecule has 0 aliphatic carbocycles. The number of carbonyl (C=O) groups is 1. The van der Waals surface area contributed by atoms with E-state index >= 15 is 0 Å². The lowest BCUT2D eigenvalue weighted by atomic mass is 9.83. The first-order chi connectivity index (χ1) is 9.74. The van der Waals surface area contributed by atoms with E-state index in [1.54, 1.807) is 4.90 Å². The smallest absolute Gasteiger partial charge is 0.240 e. The molecule has 0 radical (unpaired) electrons. The fourth-order valence-corrected chi connectivity index (χ4v) is 2.70. The lowest BCUT2D eigenvalue weighted by Gasteiger charge is -2.40. The first kappa shape index (κ1) is 16.0. The molecular weight excluding hydrogens is 264 g/mol. The summed E-state index contributed by atoms with van der Waals surface area (Å²) in [5.74, 6) is -0.0161. The predicted molar refractivity (Wildman–Crippen MR) is 83.6 cm³/mol. The molecule has 0 aromatic heterocycles. The molecule has 1 amide bonds. The summed E-state index contributed by atoms with van der Waals surface area (Å²) in [5.41, 5.74) is 5.90. The predicted octanol–water partition coefficient (Wildman–Crippen LogP) is 1.87. The van der Waals surface area contributed by atoms with Crippen molar-refractivity contribution in [2.24, 2.45) is 11.1 Å². The van der Waals surface area contributed by atoms with E-state index in [-0.39, 0.29) is 11.3 Å². The Balaban J connectivity index is 2.02. The van der Waals surface area contributed by atoms with Crippen molar-refractivity contribution in [1.29, 1.82) is 0 Å². The number of carbonyl (C=O) groups excluding carboxylic acids is 1. The number of aliphatic hydroxyl groups is 1. The minimum absolute atomic E-state index is 0.0161. The SMILES string of the molecule is CC(C)(C)C(N)C(=O)N1CCC(O)(c2ccccc2)CC1. The summed E-state index contributed by atoms with van der Waals surface area (Å²) in [4.78, 5) is 14.2. The van der Waals surface area contributed by atoms with Crippen LogP contribution >= 0.6 is 0 Å². The van der Waals surface area contributed by atoms with Gasteiger partial charge in [-0.3, -0.25) is 4.79 Å². The van der Waals surface area contributed by atoms with E-state index in [0.29, 0.717) is 25.9 Å². The third kappa shape index (κ3) is 3.44. The second-order valence-electron chi connectivity index (χ2n) is 7.07. The van der Waals surface area contributed by atoms with E-state index in [0.717, 1.165) is 5.56 Å². The van der Waals surface area contributed by atoms with Crippen LogP contribution in [0.2, 0.25) is 0 Å². The third-order valence-electron chi connectivity index (χ3n) is 4.41.